The lowest BCUT2D eigenvalue weighted by Crippen LogP contribution is -2.35. The van der Waals surface area contributed by atoms with Gasteiger partial charge in [-0.05, 0) is 39.5 Å². The van der Waals surface area contributed by atoms with Gasteiger partial charge in [0.05, 0.1) is 0 Å². The first-order valence-corrected chi connectivity index (χ1v) is 4.35. The molecule has 0 radical (unpaired) electrons. The van der Waals surface area contributed by atoms with Crippen molar-refractivity contribution in [2.75, 3.05) is 0 Å². The van der Waals surface area contributed by atoms with E-state index in [2.05, 4.69) is 27.0 Å². The molecule has 0 bridgehead atoms. The average molecular weight is 152 g/mol. The number of nitriles is 1. The first kappa shape index (κ1) is 8.39. The van der Waals surface area contributed by atoms with Gasteiger partial charge in [-0.3, -0.25) is 0 Å². The van der Waals surface area contributed by atoms with Gasteiger partial charge in [0.25, 0.3) is 0 Å². The van der Waals surface area contributed by atoms with Crippen LogP contribution in [0.4, 0.5) is 0 Å². The summed E-state index contributed by atoms with van der Waals surface area (Å²) in [6.45, 7) is 6.30. The van der Waals surface area contributed by atoms with Crippen LogP contribution in [0.1, 0.15) is 33.6 Å². The quantitative estimate of drug-likeness (QED) is 0.456. The summed E-state index contributed by atoms with van der Waals surface area (Å²) in [6, 6.07) is 0.815. The summed E-state index contributed by atoms with van der Waals surface area (Å²) >= 11 is 0. The summed E-state index contributed by atoms with van der Waals surface area (Å²) in [5, 5.41) is 8.82. The van der Waals surface area contributed by atoms with Crippen molar-refractivity contribution in [3.63, 3.8) is 0 Å². The maximum Gasteiger partial charge on any atom is 0.179 e. The van der Waals surface area contributed by atoms with Crippen LogP contribution in [0.5, 0.6) is 0 Å². The van der Waals surface area contributed by atoms with E-state index < -0.39 is 0 Å². The molecule has 1 aliphatic carbocycles. The summed E-state index contributed by atoms with van der Waals surface area (Å²) in [5.41, 5.74) is 0. The summed E-state index contributed by atoms with van der Waals surface area (Å²) in [7, 11) is 0. The van der Waals surface area contributed by atoms with Crippen LogP contribution < -0.4 is 0 Å². The second-order valence-electron chi connectivity index (χ2n) is 3.68. The second-order valence-corrected chi connectivity index (χ2v) is 3.68. The molecule has 1 saturated carbocycles. The zero-order chi connectivity index (χ0) is 8.43. The molecule has 0 heterocycles. The van der Waals surface area contributed by atoms with Crippen LogP contribution in [-0.2, 0) is 0 Å². The van der Waals surface area contributed by atoms with Gasteiger partial charge in [-0.15, -0.1) is 0 Å². The number of nitrogens with zero attached hydrogens (tertiary/aromatic N) is 2. The molecule has 0 spiro atoms. The van der Waals surface area contributed by atoms with Crippen LogP contribution in [0.2, 0.25) is 0 Å². The van der Waals surface area contributed by atoms with E-state index in [1.54, 1.807) is 0 Å². The lowest BCUT2D eigenvalue weighted by Gasteiger charge is -2.26. The van der Waals surface area contributed by atoms with Gasteiger partial charge in [-0.1, -0.05) is 0 Å². The first-order valence-electron chi connectivity index (χ1n) is 4.35. The maximum absolute atomic E-state index is 8.82. The molecule has 2 nitrogen and oxygen atoms in total. The van der Waals surface area contributed by atoms with E-state index in [1.165, 1.54) is 12.8 Å². The van der Waals surface area contributed by atoms with Gasteiger partial charge in [0.2, 0.25) is 0 Å². The lowest BCUT2D eigenvalue weighted by atomic mass is 10.1. The van der Waals surface area contributed by atoms with Crippen LogP contribution >= 0.6 is 0 Å². The van der Waals surface area contributed by atoms with Crippen molar-refractivity contribution in [1.29, 1.82) is 5.26 Å². The van der Waals surface area contributed by atoms with Crippen LogP contribution in [0.3, 0.4) is 0 Å². The van der Waals surface area contributed by atoms with Crippen molar-refractivity contribution in [3.8, 4) is 6.19 Å². The minimum atomic E-state index is 0.357. The summed E-state index contributed by atoms with van der Waals surface area (Å²) in [4.78, 5) is 1.90. The van der Waals surface area contributed by atoms with Gasteiger partial charge in [-0.2, -0.15) is 5.26 Å². The zero-order valence-corrected chi connectivity index (χ0v) is 7.54. The fraction of sp³-hybridized carbons (Fsp3) is 0.889. The second kappa shape index (κ2) is 3.13. The normalized spacial score (nSPS) is 19.5. The monoisotopic (exact) mass is 152 g/mol. The fourth-order valence-corrected chi connectivity index (χ4v) is 1.48. The van der Waals surface area contributed by atoms with Crippen molar-refractivity contribution >= 4 is 0 Å². The topological polar surface area (TPSA) is 27.0 Å². The van der Waals surface area contributed by atoms with Crippen molar-refractivity contribution in [2.45, 2.75) is 45.7 Å². The average Bonchev–Trinajstić information content (AvgIpc) is 2.68. The molecule has 0 N–H and O–H groups in total. The highest BCUT2D eigenvalue weighted by Crippen LogP contribution is 2.35. The summed E-state index contributed by atoms with van der Waals surface area (Å²) in [6.07, 6.45) is 4.88. The molecule has 11 heavy (non-hydrogen) atoms. The van der Waals surface area contributed by atoms with Crippen LogP contribution in [0.15, 0.2) is 0 Å². The molecule has 1 aliphatic rings. The molecule has 0 saturated heterocycles. The predicted octanol–water partition coefficient (Wildman–Crippen LogP) is 1.98. The number of hydrogen-bond acceptors (Lipinski definition) is 2. The molecule has 62 valence electrons. The third-order valence-electron chi connectivity index (χ3n) is 2.41. The van der Waals surface area contributed by atoms with Crippen LogP contribution in [0, 0.1) is 17.4 Å². The molecule has 0 aliphatic heterocycles. The Bertz CT molecular complexity index is 165. The Hall–Kier alpha value is -0.710. The first-order chi connectivity index (χ1) is 5.16. The van der Waals surface area contributed by atoms with Gasteiger partial charge in [-0.25, -0.2) is 0 Å². The molecule has 1 atom stereocenters. The molecule has 1 rings (SSSR count). The van der Waals surface area contributed by atoms with Crippen molar-refractivity contribution in [2.24, 2.45) is 5.92 Å². The molecule has 0 amide bonds. The molecule has 0 aromatic heterocycles. The van der Waals surface area contributed by atoms with E-state index in [4.69, 9.17) is 5.26 Å². The lowest BCUT2D eigenvalue weighted by molar-refractivity contribution is 0.233. The van der Waals surface area contributed by atoms with E-state index in [0.29, 0.717) is 12.1 Å². The Balaban J connectivity index is 2.47. The third kappa shape index (κ3) is 1.86. The largest absolute Gasteiger partial charge is 0.305 e. The predicted molar refractivity (Wildman–Crippen MR) is 44.8 cm³/mol. The maximum atomic E-state index is 8.82. The van der Waals surface area contributed by atoms with E-state index in [9.17, 15) is 0 Å². The minimum absolute atomic E-state index is 0.357. The third-order valence-corrected chi connectivity index (χ3v) is 2.41. The van der Waals surface area contributed by atoms with Crippen molar-refractivity contribution in [3.05, 3.63) is 0 Å². The Morgan fingerprint density at radius 3 is 2.18 bits per heavy atom. The standard InChI is InChI=1S/C9H16N2/c1-7(2)11(6-10)8(3)9-4-5-9/h7-9H,4-5H2,1-3H3. The fourth-order valence-electron chi connectivity index (χ4n) is 1.48. The Kier molecular flexibility index (Phi) is 2.38. The Labute approximate surface area is 68.8 Å². The molecular formula is C9H16N2. The van der Waals surface area contributed by atoms with Crippen LogP contribution in [-0.4, -0.2) is 17.0 Å². The highest BCUT2D eigenvalue weighted by molar-refractivity contribution is 4.91. The molecule has 2 heteroatoms. The van der Waals surface area contributed by atoms with E-state index in [-0.39, 0.29) is 0 Å². The summed E-state index contributed by atoms with van der Waals surface area (Å²) in [5.74, 6) is 0.789. The molecule has 0 aromatic rings. The van der Waals surface area contributed by atoms with Crippen molar-refractivity contribution < 1.29 is 0 Å². The molecule has 0 aromatic carbocycles. The minimum Gasteiger partial charge on any atom is -0.305 e. The van der Waals surface area contributed by atoms with Gasteiger partial charge < -0.3 is 4.90 Å². The Morgan fingerprint density at radius 2 is 1.91 bits per heavy atom. The molecule has 1 fully saturated rings. The van der Waals surface area contributed by atoms with Crippen molar-refractivity contribution in [1.82, 2.24) is 4.90 Å². The zero-order valence-electron chi connectivity index (χ0n) is 7.54. The summed E-state index contributed by atoms with van der Waals surface area (Å²) < 4.78 is 0. The van der Waals surface area contributed by atoms with Gasteiger partial charge in [0.1, 0.15) is 0 Å². The molecule has 1 unspecified atom stereocenters. The molecular weight excluding hydrogens is 136 g/mol. The van der Waals surface area contributed by atoms with E-state index in [0.717, 1.165) is 5.92 Å². The van der Waals surface area contributed by atoms with Gasteiger partial charge in [0.15, 0.2) is 6.19 Å². The number of hydrogen-bond donors (Lipinski definition) is 0. The SMILES string of the molecule is CC(C)N(C#N)C(C)C1CC1. The number of rotatable bonds is 3. The smallest absolute Gasteiger partial charge is 0.179 e. The highest BCUT2D eigenvalue weighted by Gasteiger charge is 2.32. The van der Waals surface area contributed by atoms with E-state index in [1.807, 2.05) is 4.90 Å². The van der Waals surface area contributed by atoms with Crippen LogP contribution in [0.25, 0.3) is 0 Å². The van der Waals surface area contributed by atoms with E-state index >= 15 is 0 Å². The van der Waals surface area contributed by atoms with Gasteiger partial charge >= 0.3 is 0 Å². The highest BCUT2D eigenvalue weighted by atomic mass is 15.2. The Morgan fingerprint density at radius 1 is 1.36 bits per heavy atom. The van der Waals surface area contributed by atoms with Gasteiger partial charge in [0, 0.05) is 12.1 Å².